The summed E-state index contributed by atoms with van der Waals surface area (Å²) in [6, 6.07) is 0. The Morgan fingerprint density at radius 3 is 3.06 bits per heavy atom. The van der Waals surface area contributed by atoms with Gasteiger partial charge in [0.2, 0.25) is 0 Å². The summed E-state index contributed by atoms with van der Waals surface area (Å²) >= 11 is 0. The van der Waals surface area contributed by atoms with Crippen molar-refractivity contribution >= 4 is 0 Å². The molecule has 0 saturated carbocycles. The average molecular weight is 252 g/mol. The van der Waals surface area contributed by atoms with Crippen LogP contribution in [0.25, 0.3) is 0 Å². The lowest BCUT2D eigenvalue weighted by Crippen LogP contribution is -2.42. The van der Waals surface area contributed by atoms with Crippen molar-refractivity contribution in [3.63, 3.8) is 0 Å². The molecule has 18 heavy (non-hydrogen) atoms. The van der Waals surface area contributed by atoms with Crippen molar-refractivity contribution in [2.24, 2.45) is 0 Å². The van der Waals surface area contributed by atoms with E-state index in [1.807, 2.05) is 6.92 Å². The van der Waals surface area contributed by atoms with Gasteiger partial charge in [-0.05, 0) is 19.8 Å². The van der Waals surface area contributed by atoms with E-state index in [9.17, 15) is 0 Å². The molecule has 100 valence electrons. The fourth-order valence-electron chi connectivity index (χ4n) is 2.60. The molecule has 0 aromatic carbocycles. The fraction of sp³-hybridized carbons (Fsp3) is 0.833. The van der Waals surface area contributed by atoms with Crippen molar-refractivity contribution in [2.75, 3.05) is 32.8 Å². The third-order valence-electron chi connectivity index (χ3n) is 3.54. The molecule has 1 aromatic rings. The predicted octanol–water partition coefficient (Wildman–Crippen LogP) is 0.665. The van der Waals surface area contributed by atoms with E-state index in [-0.39, 0.29) is 6.10 Å². The monoisotopic (exact) mass is 252 g/mol. The maximum absolute atomic E-state index is 5.74. The quantitative estimate of drug-likeness (QED) is 0.856. The molecule has 6 nitrogen and oxygen atoms in total. The van der Waals surface area contributed by atoms with Crippen molar-refractivity contribution in [3.05, 3.63) is 11.6 Å². The van der Waals surface area contributed by atoms with Crippen LogP contribution in [-0.4, -0.2) is 59.0 Å². The van der Waals surface area contributed by atoms with Crippen LogP contribution in [0.15, 0.2) is 0 Å². The molecule has 0 aliphatic carbocycles. The highest BCUT2D eigenvalue weighted by molar-refractivity contribution is 4.95. The van der Waals surface area contributed by atoms with Crippen molar-refractivity contribution < 1.29 is 9.47 Å². The lowest BCUT2D eigenvalue weighted by molar-refractivity contribution is -0.0481. The van der Waals surface area contributed by atoms with Gasteiger partial charge in [0.25, 0.3) is 0 Å². The number of morpholine rings is 1. The summed E-state index contributed by atoms with van der Waals surface area (Å²) in [5.41, 5.74) is 0. The van der Waals surface area contributed by atoms with Gasteiger partial charge in [0, 0.05) is 26.2 Å². The van der Waals surface area contributed by atoms with Crippen molar-refractivity contribution in [2.45, 2.75) is 32.0 Å². The molecule has 0 amide bonds. The minimum atomic E-state index is -0.00916. The topological polar surface area (TPSA) is 63.3 Å². The Bertz CT molecular complexity index is 389. The molecular weight excluding hydrogens is 232 g/mol. The van der Waals surface area contributed by atoms with Gasteiger partial charge in [-0.25, -0.2) is 4.98 Å². The van der Waals surface area contributed by atoms with E-state index in [2.05, 4.69) is 20.1 Å². The summed E-state index contributed by atoms with van der Waals surface area (Å²) < 4.78 is 11.4. The molecule has 6 heteroatoms. The molecule has 2 unspecified atom stereocenters. The van der Waals surface area contributed by atoms with Crippen LogP contribution >= 0.6 is 0 Å². The molecule has 1 aromatic heterocycles. The molecular formula is C12H20N4O2. The second-order valence-electron chi connectivity index (χ2n) is 5.03. The van der Waals surface area contributed by atoms with Gasteiger partial charge in [-0.2, -0.15) is 5.10 Å². The number of hydrogen-bond donors (Lipinski definition) is 1. The van der Waals surface area contributed by atoms with Gasteiger partial charge in [-0.3, -0.25) is 10.00 Å². The van der Waals surface area contributed by atoms with E-state index in [0.717, 1.165) is 44.5 Å². The van der Waals surface area contributed by atoms with Gasteiger partial charge in [0.1, 0.15) is 11.9 Å². The second kappa shape index (κ2) is 5.34. The largest absolute Gasteiger partial charge is 0.377 e. The summed E-state index contributed by atoms with van der Waals surface area (Å²) in [5.74, 6) is 1.61. The predicted molar refractivity (Wildman–Crippen MR) is 65.2 cm³/mol. The Morgan fingerprint density at radius 1 is 1.39 bits per heavy atom. The fourth-order valence-corrected chi connectivity index (χ4v) is 2.60. The maximum Gasteiger partial charge on any atom is 0.180 e. The van der Waals surface area contributed by atoms with Gasteiger partial charge in [0.15, 0.2) is 5.82 Å². The van der Waals surface area contributed by atoms with Gasteiger partial charge < -0.3 is 9.47 Å². The number of aromatic nitrogens is 3. The minimum Gasteiger partial charge on any atom is -0.377 e. The zero-order valence-corrected chi connectivity index (χ0v) is 10.8. The Balaban J connectivity index is 1.57. The van der Waals surface area contributed by atoms with Crippen LogP contribution in [0.1, 0.15) is 30.6 Å². The molecule has 2 saturated heterocycles. The van der Waals surface area contributed by atoms with Crippen LogP contribution in [0.2, 0.25) is 0 Å². The molecule has 2 aliphatic heterocycles. The molecule has 2 aliphatic rings. The molecule has 0 bridgehead atoms. The highest BCUT2D eigenvalue weighted by atomic mass is 16.5. The standard InChI is InChI=1S/C12H20N4O2/c1-9-13-12(15-14-9)11-8-16(4-6-18-11)7-10-3-2-5-17-10/h10-11H,2-8H2,1H3,(H,13,14,15). The van der Waals surface area contributed by atoms with Crippen LogP contribution in [0, 0.1) is 6.92 Å². The molecule has 2 fully saturated rings. The summed E-state index contributed by atoms with van der Waals surface area (Å²) in [7, 11) is 0. The van der Waals surface area contributed by atoms with Gasteiger partial charge >= 0.3 is 0 Å². The number of ether oxygens (including phenoxy) is 2. The zero-order chi connectivity index (χ0) is 12.4. The zero-order valence-electron chi connectivity index (χ0n) is 10.8. The lowest BCUT2D eigenvalue weighted by atomic mass is 10.2. The van der Waals surface area contributed by atoms with E-state index in [0.29, 0.717) is 6.10 Å². The molecule has 3 rings (SSSR count). The molecule has 2 atom stereocenters. The normalized spacial score (nSPS) is 29.8. The van der Waals surface area contributed by atoms with Crippen LogP contribution in [0.3, 0.4) is 0 Å². The van der Waals surface area contributed by atoms with Gasteiger partial charge in [-0.1, -0.05) is 0 Å². The SMILES string of the molecule is Cc1nc(C2CN(CC3CCCO3)CCO2)n[nH]1. The first-order valence-corrected chi connectivity index (χ1v) is 6.66. The van der Waals surface area contributed by atoms with Crippen molar-refractivity contribution in [3.8, 4) is 0 Å². The Morgan fingerprint density at radius 2 is 2.33 bits per heavy atom. The van der Waals surface area contributed by atoms with E-state index in [4.69, 9.17) is 9.47 Å². The second-order valence-corrected chi connectivity index (χ2v) is 5.03. The number of aryl methyl sites for hydroxylation is 1. The Labute approximate surface area is 107 Å². The summed E-state index contributed by atoms with van der Waals surface area (Å²) in [6.07, 6.45) is 2.77. The van der Waals surface area contributed by atoms with E-state index in [1.54, 1.807) is 0 Å². The number of nitrogens with one attached hydrogen (secondary N) is 1. The Kier molecular flexibility index (Phi) is 3.58. The minimum absolute atomic E-state index is 0.00916. The third kappa shape index (κ3) is 2.71. The van der Waals surface area contributed by atoms with Crippen LogP contribution in [0.5, 0.6) is 0 Å². The van der Waals surface area contributed by atoms with Gasteiger partial charge in [-0.15, -0.1) is 0 Å². The van der Waals surface area contributed by atoms with Crippen LogP contribution in [-0.2, 0) is 9.47 Å². The smallest absolute Gasteiger partial charge is 0.180 e. The van der Waals surface area contributed by atoms with Crippen LogP contribution in [0.4, 0.5) is 0 Å². The number of hydrogen-bond acceptors (Lipinski definition) is 5. The summed E-state index contributed by atoms with van der Waals surface area (Å²) in [6.45, 7) is 6.40. The van der Waals surface area contributed by atoms with Gasteiger partial charge in [0.05, 0.1) is 12.7 Å². The summed E-state index contributed by atoms with van der Waals surface area (Å²) in [5, 5.41) is 7.06. The maximum atomic E-state index is 5.74. The number of nitrogens with zero attached hydrogens (tertiary/aromatic N) is 3. The van der Waals surface area contributed by atoms with Crippen molar-refractivity contribution in [1.29, 1.82) is 0 Å². The number of H-pyrrole nitrogens is 1. The molecule has 0 spiro atoms. The highest BCUT2D eigenvalue weighted by Crippen LogP contribution is 2.21. The van der Waals surface area contributed by atoms with E-state index >= 15 is 0 Å². The van der Waals surface area contributed by atoms with E-state index < -0.39 is 0 Å². The third-order valence-corrected chi connectivity index (χ3v) is 3.54. The first-order chi connectivity index (χ1) is 8.81. The average Bonchev–Trinajstić information content (AvgIpc) is 3.01. The first-order valence-electron chi connectivity index (χ1n) is 6.66. The van der Waals surface area contributed by atoms with Crippen LogP contribution < -0.4 is 0 Å². The number of aromatic amines is 1. The Hall–Kier alpha value is -0.980. The lowest BCUT2D eigenvalue weighted by Gasteiger charge is -2.32. The number of rotatable bonds is 3. The highest BCUT2D eigenvalue weighted by Gasteiger charge is 2.27. The first kappa shape index (κ1) is 12.1. The van der Waals surface area contributed by atoms with Crippen molar-refractivity contribution in [1.82, 2.24) is 20.1 Å². The molecule has 3 heterocycles. The summed E-state index contributed by atoms with van der Waals surface area (Å²) in [4.78, 5) is 6.75. The molecule has 0 radical (unpaired) electrons. The molecule has 1 N–H and O–H groups in total. The van der Waals surface area contributed by atoms with E-state index in [1.165, 1.54) is 12.8 Å².